The predicted octanol–water partition coefficient (Wildman–Crippen LogP) is 4.20. The molecule has 0 spiro atoms. The van der Waals surface area contributed by atoms with Crippen molar-refractivity contribution in [2.75, 3.05) is 0 Å². The summed E-state index contributed by atoms with van der Waals surface area (Å²) in [5.41, 5.74) is 1.82. The van der Waals surface area contributed by atoms with E-state index in [4.69, 9.17) is 11.6 Å². The van der Waals surface area contributed by atoms with Crippen LogP contribution in [-0.4, -0.2) is 5.91 Å². The van der Waals surface area contributed by atoms with Gasteiger partial charge in [0.2, 0.25) is 0 Å². The van der Waals surface area contributed by atoms with Crippen LogP contribution >= 0.6 is 22.9 Å². The third-order valence-electron chi connectivity index (χ3n) is 2.68. The third-order valence-corrected chi connectivity index (χ3v) is 4.10. The van der Waals surface area contributed by atoms with Crippen molar-refractivity contribution in [2.24, 2.45) is 0 Å². The monoisotopic (exact) mass is 279 g/mol. The molecule has 1 amide bonds. The van der Waals surface area contributed by atoms with Crippen LogP contribution in [0.3, 0.4) is 0 Å². The van der Waals surface area contributed by atoms with Crippen molar-refractivity contribution < 1.29 is 4.79 Å². The molecule has 2 nitrogen and oxygen atoms in total. The lowest BCUT2D eigenvalue weighted by Gasteiger charge is -2.12. The van der Waals surface area contributed by atoms with E-state index in [-0.39, 0.29) is 11.9 Å². The van der Waals surface area contributed by atoms with Crippen molar-refractivity contribution in [1.82, 2.24) is 5.32 Å². The third kappa shape index (κ3) is 3.12. The van der Waals surface area contributed by atoms with Gasteiger partial charge in [-0.25, -0.2) is 0 Å². The van der Waals surface area contributed by atoms with Gasteiger partial charge in [-0.05, 0) is 38.1 Å². The Morgan fingerprint density at radius 2 is 1.89 bits per heavy atom. The normalized spacial score (nSPS) is 12.2. The number of rotatable bonds is 3. The molecule has 1 unspecified atom stereocenters. The summed E-state index contributed by atoms with van der Waals surface area (Å²) in [5.74, 6) is -0.0629. The average Bonchev–Trinajstić information content (AvgIpc) is 2.76. The highest BCUT2D eigenvalue weighted by Crippen LogP contribution is 2.26. The Labute approximate surface area is 116 Å². The first-order chi connectivity index (χ1) is 8.56. The van der Waals surface area contributed by atoms with Gasteiger partial charge in [0, 0.05) is 10.4 Å². The number of aryl methyl sites for hydroxylation is 1. The molecular formula is C14H14ClNOS. The minimum absolute atomic E-state index is 0.0312. The number of carbonyl (C=O) groups is 1. The van der Waals surface area contributed by atoms with E-state index < -0.39 is 0 Å². The van der Waals surface area contributed by atoms with Crippen LogP contribution in [0.2, 0.25) is 4.34 Å². The Balaban J connectivity index is 2.05. The highest BCUT2D eigenvalue weighted by atomic mass is 35.5. The number of benzene rings is 1. The molecule has 94 valence electrons. The smallest absolute Gasteiger partial charge is 0.251 e. The molecule has 0 saturated heterocycles. The summed E-state index contributed by atoms with van der Waals surface area (Å²) in [7, 11) is 0. The van der Waals surface area contributed by atoms with Gasteiger partial charge in [-0.2, -0.15) is 0 Å². The minimum Gasteiger partial charge on any atom is -0.345 e. The summed E-state index contributed by atoms with van der Waals surface area (Å²) in [4.78, 5) is 13.1. The molecule has 1 N–H and O–H groups in total. The molecular weight excluding hydrogens is 266 g/mol. The number of halogens is 1. The van der Waals surface area contributed by atoms with Gasteiger partial charge in [0.15, 0.2) is 0 Å². The van der Waals surface area contributed by atoms with E-state index >= 15 is 0 Å². The van der Waals surface area contributed by atoms with Gasteiger partial charge < -0.3 is 5.32 Å². The van der Waals surface area contributed by atoms with E-state index in [9.17, 15) is 4.79 Å². The summed E-state index contributed by atoms with van der Waals surface area (Å²) in [5, 5.41) is 2.96. The molecule has 0 bridgehead atoms. The second-order valence-electron chi connectivity index (χ2n) is 4.20. The van der Waals surface area contributed by atoms with Crippen molar-refractivity contribution in [3.05, 3.63) is 56.7 Å². The van der Waals surface area contributed by atoms with Crippen LogP contribution in [0, 0.1) is 6.92 Å². The second-order valence-corrected chi connectivity index (χ2v) is 5.95. The standard InChI is InChI=1S/C14H14ClNOS/c1-9-3-5-11(6-4-9)14(17)16-10(2)12-7-8-13(15)18-12/h3-8,10H,1-2H3,(H,16,17). The lowest BCUT2D eigenvalue weighted by molar-refractivity contribution is 0.0940. The fourth-order valence-electron chi connectivity index (χ4n) is 1.62. The van der Waals surface area contributed by atoms with E-state index in [2.05, 4.69) is 5.32 Å². The van der Waals surface area contributed by atoms with Gasteiger partial charge in [-0.15, -0.1) is 11.3 Å². The molecule has 1 aromatic carbocycles. The maximum absolute atomic E-state index is 12.0. The van der Waals surface area contributed by atoms with Crippen LogP contribution in [0.5, 0.6) is 0 Å². The van der Waals surface area contributed by atoms with Crippen LogP contribution < -0.4 is 5.32 Å². The van der Waals surface area contributed by atoms with Gasteiger partial charge in [0.25, 0.3) is 5.91 Å². The first kappa shape index (κ1) is 13.1. The van der Waals surface area contributed by atoms with Crippen LogP contribution in [0.4, 0.5) is 0 Å². The average molecular weight is 280 g/mol. The van der Waals surface area contributed by atoms with Crippen LogP contribution in [0.25, 0.3) is 0 Å². The van der Waals surface area contributed by atoms with Gasteiger partial charge in [-0.3, -0.25) is 4.79 Å². The Kier molecular flexibility index (Phi) is 4.04. The summed E-state index contributed by atoms with van der Waals surface area (Å²) >= 11 is 7.37. The molecule has 2 aromatic rings. The molecule has 0 radical (unpaired) electrons. The first-order valence-electron chi connectivity index (χ1n) is 5.69. The number of hydrogen-bond acceptors (Lipinski definition) is 2. The summed E-state index contributed by atoms with van der Waals surface area (Å²) in [6, 6.07) is 11.3. The van der Waals surface area contributed by atoms with E-state index in [0.29, 0.717) is 5.56 Å². The Morgan fingerprint density at radius 3 is 2.44 bits per heavy atom. The highest BCUT2D eigenvalue weighted by molar-refractivity contribution is 7.16. The topological polar surface area (TPSA) is 29.1 Å². The van der Waals surface area contributed by atoms with Crippen molar-refractivity contribution >= 4 is 28.8 Å². The van der Waals surface area contributed by atoms with E-state index in [1.54, 1.807) is 0 Å². The highest BCUT2D eigenvalue weighted by Gasteiger charge is 2.12. The Hall–Kier alpha value is -1.32. The van der Waals surface area contributed by atoms with E-state index in [1.165, 1.54) is 11.3 Å². The van der Waals surface area contributed by atoms with Crippen molar-refractivity contribution in [1.29, 1.82) is 0 Å². The first-order valence-corrected chi connectivity index (χ1v) is 6.88. The van der Waals surface area contributed by atoms with Gasteiger partial charge in [-0.1, -0.05) is 29.3 Å². The lowest BCUT2D eigenvalue weighted by Crippen LogP contribution is -2.26. The molecule has 0 fully saturated rings. The lowest BCUT2D eigenvalue weighted by atomic mass is 10.1. The summed E-state index contributed by atoms with van der Waals surface area (Å²) in [6.07, 6.45) is 0. The van der Waals surface area contributed by atoms with Crippen molar-refractivity contribution in [3.8, 4) is 0 Å². The van der Waals surface area contributed by atoms with Gasteiger partial charge in [0.05, 0.1) is 10.4 Å². The van der Waals surface area contributed by atoms with E-state index in [1.807, 2.05) is 50.2 Å². The maximum Gasteiger partial charge on any atom is 0.251 e. The number of thiophene rings is 1. The minimum atomic E-state index is -0.0629. The van der Waals surface area contributed by atoms with Crippen LogP contribution in [-0.2, 0) is 0 Å². The number of carbonyl (C=O) groups excluding carboxylic acids is 1. The van der Waals surface area contributed by atoms with Gasteiger partial charge >= 0.3 is 0 Å². The molecule has 1 aromatic heterocycles. The fourth-order valence-corrected chi connectivity index (χ4v) is 2.68. The molecule has 2 rings (SSSR count). The van der Waals surface area contributed by atoms with Crippen molar-refractivity contribution in [3.63, 3.8) is 0 Å². The maximum atomic E-state index is 12.0. The molecule has 0 aliphatic rings. The second kappa shape index (κ2) is 5.55. The summed E-state index contributed by atoms with van der Waals surface area (Å²) in [6.45, 7) is 3.95. The Morgan fingerprint density at radius 1 is 1.22 bits per heavy atom. The fraction of sp³-hybridized carbons (Fsp3) is 0.214. The van der Waals surface area contributed by atoms with Crippen molar-refractivity contribution in [2.45, 2.75) is 19.9 Å². The molecule has 0 aliphatic carbocycles. The molecule has 1 heterocycles. The Bertz CT molecular complexity index is 547. The molecule has 0 aliphatic heterocycles. The zero-order chi connectivity index (χ0) is 13.1. The largest absolute Gasteiger partial charge is 0.345 e. The van der Waals surface area contributed by atoms with E-state index in [0.717, 1.165) is 14.8 Å². The summed E-state index contributed by atoms with van der Waals surface area (Å²) < 4.78 is 0.737. The molecule has 0 saturated carbocycles. The van der Waals surface area contributed by atoms with Crippen LogP contribution in [0.15, 0.2) is 36.4 Å². The zero-order valence-electron chi connectivity index (χ0n) is 10.2. The number of hydrogen-bond donors (Lipinski definition) is 1. The number of amides is 1. The molecule has 4 heteroatoms. The number of nitrogens with one attached hydrogen (secondary N) is 1. The molecule has 18 heavy (non-hydrogen) atoms. The SMILES string of the molecule is Cc1ccc(C(=O)NC(C)c2ccc(Cl)s2)cc1. The molecule has 1 atom stereocenters. The zero-order valence-corrected chi connectivity index (χ0v) is 11.8. The predicted molar refractivity (Wildman–Crippen MR) is 76.4 cm³/mol. The quantitative estimate of drug-likeness (QED) is 0.896. The van der Waals surface area contributed by atoms with Crippen LogP contribution in [0.1, 0.15) is 33.8 Å². The van der Waals surface area contributed by atoms with Gasteiger partial charge in [0.1, 0.15) is 0 Å².